The van der Waals surface area contributed by atoms with Gasteiger partial charge in [-0.3, -0.25) is 4.79 Å². The number of rotatable bonds is 5. The Morgan fingerprint density at radius 1 is 1.07 bits per heavy atom. The van der Waals surface area contributed by atoms with Crippen molar-refractivity contribution < 1.29 is 9.90 Å². The van der Waals surface area contributed by atoms with Crippen molar-refractivity contribution in [3.8, 4) is 11.3 Å². The van der Waals surface area contributed by atoms with Crippen LogP contribution in [0.5, 0.6) is 0 Å². The van der Waals surface area contributed by atoms with Crippen LogP contribution in [0, 0.1) is 0 Å². The number of hydrogen-bond donors (Lipinski definition) is 2. The lowest BCUT2D eigenvalue weighted by Crippen LogP contribution is -2.14. The average molecular weight is 359 g/mol. The minimum absolute atomic E-state index is 0.000564. The Morgan fingerprint density at radius 2 is 1.78 bits per heavy atom. The van der Waals surface area contributed by atoms with Gasteiger partial charge < -0.3 is 10.4 Å². The van der Waals surface area contributed by atoms with Crippen LogP contribution in [0.15, 0.2) is 66.4 Å². The number of nitrogens with zero attached hydrogens (tertiary/aromatic N) is 2. The van der Waals surface area contributed by atoms with Crippen molar-refractivity contribution in [2.75, 3.05) is 5.32 Å². The van der Waals surface area contributed by atoms with E-state index in [0.29, 0.717) is 22.8 Å². The Kier molecular flexibility index (Phi) is 5.74. The van der Waals surface area contributed by atoms with Crippen molar-refractivity contribution in [1.82, 2.24) is 9.97 Å². The summed E-state index contributed by atoms with van der Waals surface area (Å²) in [6.07, 6.45) is 3.52. The number of carbonyl (C=O) groups excluding carboxylic acids is 1. The molecule has 1 heterocycles. The highest BCUT2D eigenvalue weighted by Crippen LogP contribution is 2.22. The quantitative estimate of drug-likeness (QED) is 0.712. The van der Waals surface area contributed by atoms with Crippen molar-refractivity contribution in [3.63, 3.8) is 0 Å². The zero-order chi connectivity index (χ0) is 19.2. The molecule has 3 aromatic rings. The lowest BCUT2D eigenvalue weighted by molar-refractivity contribution is 0.102. The average Bonchev–Trinajstić information content (AvgIpc) is 2.69. The number of amides is 1. The van der Waals surface area contributed by atoms with E-state index < -0.39 is 0 Å². The summed E-state index contributed by atoms with van der Waals surface area (Å²) in [5.41, 5.74) is 4.64. The molecule has 136 valence electrons. The second-order valence-electron chi connectivity index (χ2n) is 6.39. The van der Waals surface area contributed by atoms with Gasteiger partial charge in [-0.1, -0.05) is 48.0 Å². The number of aromatic nitrogens is 2. The van der Waals surface area contributed by atoms with E-state index in [0.717, 1.165) is 16.7 Å². The van der Waals surface area contributed by atoms with E-state index in [1.165, 1.54) is 0 Å². The highest BCUT2D eigenvalue weighted by Gasteiger charge is 2.12. The van der Waals surface area contributed by atoms with Crippen molar-refractivity contribution >= 4 is 17.8 Å². The van der Waals surface area contributed by atoms with E-state index >= 15 is 0 Å². The van der Waals surface area contributed by atoms with Gasteiger partial charge in [-0.05, 0) is 37.6 Å². The first-order chi connectivity index (χ1) is 13.1. The van der Waals surface area contributed by atoms with Crippen molar-refractivity contribution in [1.29, 1.82) is 0 Å². The molecule has 0 saturated carbocycles. The molecule has 0 saturated heterocycles. The number of anilines is 1. The molecule has 0 spiro atoms. The van der Waals surface area contributed by atoms with Crippen LogP contribution < -0.4 is 5.32 Å². The molecule has 3 rings (SSSR count). The van der Waals surface area contributed by atoms with Crippen LogP contribution in [-0.4, -0.2) is 21.0 Å². The molecule has 0 aliphatic carbocycles. The molecule has 0 atom stereocenters. The second kappa shape index (κ2) is 8.38. The fraction of sp³-hybridized carbons (Fsp3) is 0.136. The summed E-state index contributed by atoms with van der Waals surface area (Å²) < 4.78 is 0. The third kappa shape index (κ3) is 4.65. The predicted octanol–water partition coefficient (Wildman–Crippen LogP) is 4.31. The Morgan fingerprint density at radius 3 is 2.41 bits per heavy atom. The maximum Gasteiger partial charge on any atom is 0.256 e. The second-order valence-corrected chi connectivity index (χ2v) is 6.39. The molecule has 1 amide bonds. The van der Waals surface area contributed by atoms with Crippen molar-refractivity contribution in [2.45, 2.75) is 20.5 Å². The maximum atomic E-state index is 12.5. The minimum Gasteiger partial charge on any atom is -0.392 e. The number of nitrogens with one attached hydrogen (secondary N) is 1. The van der Waals surface area contributed by atoms with Gasteiger partial charge in [0.1, 0.15) is 5.69 Å². The summed E-state index contributed by atoms with van der Waals surface area (Å²) in [6, 6.07) is 16.5. The molecule has 0 fully saturated rings. The topological polar surface area (TPSA) is 75.1 Å². The Bertz CT molecular complexity index is 961. The molecule has 0 aliphatic heterocycles. The van der Waals surface area contributed by atoms with Crippen LogP contribution >= 0.6 is 0 Å². The van der Waals surface area contributed by atoms with Gasteiger partial charge in [0.15, 0.2) is 5.82 Å². The van der Waals surface area contributed by atoms with Gasteiger partial charge in [0.25, 0.3) is 5.91 Å². The maximum absolute atomic E-state index is 12.5. The smallest absolute Gasteiger partial charge is 0.256 e. The first kappa shape index (κ1) is 18.5. The summed E-state index contributed by atoms with van der Waals surface area (Å²) >= 11 is 0. The molecule has 0 bridgehead atoms. The molecular weight excluding hydrogens is 338 g/mol. The van der Waals surface area contributed by atoms with Crippen LogP contribution in [0.1, 0.15) is 35.5 Å². The first-order valence-corrected chi connectivity index (χ1v) is 8.65. The number of hydrogen-bond acceptors (Lipinski definition) is 4. The van der Waals surface area contributed by atoms with Gasteiger partial charge in [0.05, 0.1) is 18.5 Å². The zero-order valence-electron chi connectivity index (χ0n) is 15.3. The molecule has 5 nitrogen and oxygen atoms in total. The summed E-state index contributed by atoms with van der Waals surface area (Å²) in [7, 11) is 0. The molecule has 0 unspecified atom stereocenters. The van der Waals surface area contributed by atoms with Crippen molar-refractivity contribution in [2.24, 2.45) is 0 Å². The molecule has 1 aromatic heterocycles. The standard InChI is InChI=1S/C22H21N3O2/c1-15(2)12-19-21(25-22(27)18-6-4-3-5-7-18)23-13-20(24-19)17-10-8-16(14-26)9-11-17/h3-13,26H,14H2,1-2H3,(H,23,25,27). The van der Waals surface area contributed by atoms with Crippen LogP contribution in [0.25, 0.3) is 17.3 Å². The lowest BCUT2D eigenvalue weighted by atomic mass is 10.1. The molecule has 2 aromatic carbocycles. The van der Waals surface area contributed by atoms with Gasteiger partial charge in [-0.15, -0.1) is 0 Å². The summed E-state index contributed by atoms with van der Waals surface area (Å²) in [4.78, 5) is 21.6. The van der Waals surface area contributed by atoms with Gasteiger partial charge in [0.2, 0.25) is 0 Å². The molecule has 5 heteroatoms. The molecule has 0 radical (unpaired) electrons. The predicted molar refractivity (Wildman–Crippen MR) is 107 cm³/mol. The Hall–Kier alpha value is -3.31. The first-order valence-electron chi connectivity index (χ1n) is 8.65. The summed E-state index contributed by atoms with van der Waals surface area (Å²) in [5.74, 6) is 0.189. The number of aliphatic hydroxyl groups is 1. The monoisotopic (exact) mass is 359 g/mol. The van der Waals surface area contributed by atoms with Crippen LogP contribution in [0.2, 0.25) is 0 Å². The normalized spacial score (nSPS) is 10.3. The zero-order valence-corrected chi connectivity index (χ0v) is 15.3. The Labute approximate surface area is 158 Å². The lowest BCUT2D eigenvalue weighted by Gasteiger charge is -2.10. The number of allylic oxidation sites excluding steroid dienone is 1. The fourth-order valence-corrected chi connectivity index (χ4v) is 2.56. The number of carbonyl (C=O) groups is 1. The largest absolute Gasteiger partial charge is 0.392 e. The van der Waals surface area contributed by atoms with Gasteiger partial charge in [-0.25, -0.2) is 9.97 Å². The van der Waals surface area contributed by atoms with E-state index in [2.05, 4.69) is 15.3 Å². The molecular formula is C22H21N3O2. The molecule has 27 heavy (non-hydrogen) atoms. The summed E-state index contributed by atoms with van der Waals surface area (Å²) in [6.45, 7) is 3.93. The number of benzene rings is 2. The minimum atomic E-state index is -0.228. The van der Waals surface area contributed by atoms with Crippen LogP contribution in [0.3, 0.4) is 0 Å². The third-order valence-electron chi connectivity index (χ3n) is 3.93. The van der Waals surface area contributed by atoms with E-state index in [1.54, 1.807) is 18.3 Å². The van der Waals surface area contributed by atoms with Gasteiger partial charge >= 0.3 is 0 Å². The van der Waals surface area contributed by atoms with Crippen molar-refractivity contribution in [3.05, 3.63) is 83.2 Å². The fourth-order valence-electron chi connectivity index (χ4n) is 2.56. The number of aliphatic hydroxyl groups excluding tert-OH is 1. The van der Waals surface area contributed by atoms with Crippen LogP contribution in [-0.2, 0) is 6.61 Å². The highest BCUT2D eigenvalue weighted by atomic mass is 16.3. The van der Waals surface area contributed by atoms with Gasteiger partial charge in [0, 0.05) is 11.1 Å². The van der Waals surface area contributed by atoms with Gasteiger partial charge in [-0.2, -0.15) is 0 Å². The highest BCUT2D eigenvalue weighted by molar-refractivity contribution is 6.04. The third-order valence-corrected chi connectivity index (χ3v) is 3.93. The van der Waals surface area contributed by atoms with E-state index in [-0.39, 0.29) is 12.5 Å². The Balaban J connectivity index is 1.94. The van der Waals surface area contributed by atoms with E-state index in [1.807, 2.05) is 62.4 Å². The van der Waals surface area contributed by atoms with E-state index in [9.17, 15) is 9.90 Å². The van der Waals surface area contributed by atoms with Crippen LogP contribution in [0.4, 0.5) is 5.82 Å². The van der Waals surface area contributed by atoms with E-state index in [4.69, 9.17) is 0 Å². The molecule has 0 aliphatic rings. The molecule has 2 N–H and O–H groups in total. The SMILES string of the molecule is CC(C)=Cc1nc(-c2ccc(CO)cc2)cnc1NC(=O)c1ccccc1. The summed E-state index contributed by atoms with van der Waals surface area (Å²) in [5, 5.41) is 12.0.